The second-order valence-electron chi connectivity index (χ2n) is 5.34. The van der Waals surface area contributed by atoms with E-state index in [0.29, 0.717) is 12.5 Å². The lowest BCUT2D eigenvalue weighted by Gasteiger charge is -2.27. The van der Waals surface area contributed by atoms with Gasteiger partial charge in [0.1, 0.15) is 5.60 Å². The molecule has 2 heterocycles. The number of anilines is 1. The maximum Gasteiger partial charge on any atom is 0.202 e. The third-order valence-corrected chi connectivity index (χ3v) is 3.34. The summed E-state index contributed by atoms with van der Waals surface area (Å²) in [6.07, 6.45) is 4.74. The number of imidazole rings is 1. The van der Waals surface area contributed by atoms with Crippen LogP contribution in [0.5, 0.6) is 0 Å². The second-order valence-corrected chi connectivity index (χ2v) is 5.34. The van der Waals surface area contributed by atoms with Gasteiger partial charge in [-0.1, -0.05) is 13.8 Å². The van der Waals surface area contributed by atoms with Gasteiger partial charge >= 0.3 is 0 Å². The van der Waals surface area contributed by atoms with Gasteiger partial charge in [-0.3, -0.25) is 0 Å². The fourth-order valence-corrected chi connectivity index (χ4v) is 2.15. The van der Waals surface area contributed by atoms with Crippen molar-refractivity contribution < 1.29 is 9.47 Å². The van der Waals surface area contributed by atoms with E-state index in [9.17, 15) is 0 Å². The molecule has 0 bridgehead atoms. The molecule has 0 amide bonds. The molecular weight excluding hydrogens is 230 g/mol. The summed E-state index contributed by atoms with van der Waals surface area (Å²) >= 11 is 0. The van der Waals surface area contributed by atoms with Gasteiger partial charge in [0.25, 0.3) is 0 Å². The van der Waals surface area contributed by atoms with Crippen LogP contribution >= 0.6 is 0 Å². The average molecular weight is 253 g/mol. The molecule has 0 saturated carbocycles. The molecule has 5 heteroatoms. The Labute approximate surface area is 108 Å². The highest BCUT2D eigenvalue weighted by Gasteiger charge is 2.35. The van der Waals surface area contributed by atoms with E-state index in [0.717, 1.165) is 32.1 Å². The average Bonchev–Trinajstić information content (AvgIpc) is 2.97. The van der Waals surface area contributed by atoms with Crippen molar-refractivity contribution in [3.63, 3.8) is 0 Å². The highest BCUT2D eigenvalue weighted by atomic mass is 16.5. The second kappa shape index (κ2) is 5.71. The number of nitrogens with zero attached hydrogens (tertiary/aromatic N) is 2. The molecule has 2 rings (SSSR count). The van der Waals surface area contributed by atoms with Gasteiger partial charge in [0, 0.05) is 39.1 Å². The van der Waals surface area contributed by atoms with Gasteiger partial charge < -0.3 is 19.4 Å². The van der Waals surface area contributed by atoms with Crippen molar-refractivity contribution in [2.75, 3.05) is 32.2 Å². The molecular formula is C13H23N3O2. The van der Waals surface area contributed by atoms with Crippen molar-refractivity contribution in [1.82, 2.24) is 9.55 Å². The Kier molecular flexibility index (Phi) is 4.24. The van der Waals surface area contributed by atoms with E-state index < -0.39 is 0 Å². The van der Waals surface area contributed by atoms with Crippen LogP contribution in [0.15, 0.2) is 12.4 Å². The van der Waals surface area contributed by atoms with Crippen LogP contribution in [0.4, 0.5) is 5.95 Å². The lowest BCUT2D eigenvalue weighted by molar-refractivity contribution is -0.0291. The minimum absolute atomic E-state index is 0.199. The van der Waals surface area contributed by atoms with Crippen LogP contribution in [-0.4, -0.2) is 42.0 Å². The molecule has 0 radical (unpaired) electrons. The smallest absolute Gasteiger partial charge is 0.202 e. The number of nitrogens with one attached hydrogen (secondary N) is 1. The number of aromatic nitrogens is 2. The first-order valence-corrected chi connectivity index (χ1v) is 6.53. The fraction of sp³-hybridized carbons (Fsp3) is 0.769. The van der Waals surface area contributed by atoms with Gasteiger partial charge in [-0.2, -0.15) is 0 Å². The Morgan fingerprint density at radius 3 is 3.06 bits per heavy atom. The van der Waals surface area contributed by atoms with Crippen LogP contribution in [0, 0.1) is 5.92 Å². The first kappa shape index (κ1) is 13.4. The molecule has 1 saturated heterocycles. The Bertz CT molecular complexity index is 370. The third kappa shape index (κ3) is 3.03. The van der Waals surface area contributed by atoms with Gasteiger partial charge in [-0.05, 0) is 5.92 Å². The Morgan fingerprint density at radius 2 is 2.44 bits per heavy atom. The van der Waals surface area contributed by atoms with E-state index >= 15 is 0 Å². The lowest BCUT2D eigenvalue weighted by atomic mass is 10.0. The Balaban J connectivity index is 2.02. The third-order valence-electron chi connectivity index (χ3n) is 3.34. The molecule has 1 unspecified atom stereocenters. The zero-order valence-electron chi connectivity index (χ0n) is 11.5. The SMILES string of the molecule is COC1(Cn2ccnc2NCC(C)C)CCOC1. The molecule has 0 aliphatic carbocycles. The van der Waals surface area contributed by atoms with Crippen molar-refractivity contribution in [1.29, 1.82) is 0 Å². The van der Waals surface area contributed by atoms with Crippen molar-refractivity contribution in [3.05, 3.63) is 12.4 Å². The van der Waals surface area contributed by atoms with Crippen LogP contribution in [-0.2, 0) is 16.0 Å². The Hall–Kier alpha value is -1.07. The first-order valence-electron chi connectivity index (χ1n) is 6.53. The minimum Gasteiger partial charge on any atom is -0.378 e. The molecule has 1 aliphatic heterocycles. The summed E-state index contributed by atoms with van der Waals surface area (Å²) in [5.74, 6) is 1.51. The summed E-state index contributed by atoms with van der Waals surface area (Å²) in [4.78, 5) is 4.35. The standard InChI is InChI=1S/C13H23N3O2/c1-11(2)8-15-12-14-5-6-16(12)9-13(17-3)4-7-18-10-13/h5-6,11H,4,7-10H2,1-3H3,(H,14,15). The molecule has 1 atom stereocenters. The van der Waals surface area contributed by atoms with Crippen LogP contribution in [0.2, 0.25) is 0 Å². The maximum absolute atomic E-state index is 5.65. The largest absolute Gasteiger partial charge is 0.378 e. The van der Waals surface area contributed by atoms with Gasteiger partial charge in [0.2, 0.25) is 5.95 Å². The summed E-state index contributed by atoms with van der Waals surface area (Å²) in [5.41, 5.74) is -0.199. The van der Waals surface area contributed by atoms with Crippen LogP contribution < -0.4 is 5.32 Å². The van der Waals surface area contributed by atoms with Gasteiger partial charge in [0.05, 0.1) is 13.2 Å². The van der Waals surface area contributed by atoms with E-state index in [-0.39, 0.29) is 5.60 Å². The number of ether oxygens (including phenoxy) is 2. The molecule has 1 aromatic heterocycles. The molecule has 5 nitrogen and oxygen atoms in total. The normalized spacial score (nSPS) is 23.8. The van der Waals surface area contributed by atoms with E-state index in [1.807, 2.05) is 12.4 Å². The summed E-state index contributed by atoms with van der Waals surface area (Å²) < 4.78 is 13.2. The number of hydrogen-bond acceptors (Lipinski definition) is 4. The van der Waals surface area contributed by atoms with E-state index in [2.05, 4.69) is 28.7 Å². The topological polar surface area (TPSA) is 48.3 Å². The lowest BCUT2D eigenvalue weighted by Crippen LogP contribution is -2.37. The first-order chi connectivity index (χ1) is 8.65. The molecule has 1 N–H and O–H groups in total. The quantitative estimate of drug-likeness (QED) is 0.839. The van der Waals surface area contributed by atoms with Crippen LogP contribution in [0.1, 0.15) is 20.3 Å². The summed E-state index contributed by atoms with van der Waals surface area (Å²) in [6.45, 7) is 7.50. The molecule has 1 aromatic rings. The van der Waals surface area contributed by atoms with E-state index in [1.165, 1.54) is 0 Å². The molecule has 102 valence electrons. The summed E-state index contributed by atoms with van der Waals surface area (Å²) in [5, 5.41) is 3.36. The predicted molar refractivity (Wildman–Crippen MR) is 70.7 cm³/mol. The summed E-state index contributed by atoms with van der Waals surface area (Å²) in [6, 6.07) is 0. The highest BCUT2D eigenvalue weighted by Crippen LogP contribution is 2.25. The van der Waals surface area contributed by atoms with Crippen molar-refractivity contribution in [2.45, 2.75) is 32.4 Å². The minimum atomic E-state index is -0.199. The predicted octanol–water partition coefficient (Wildman–Crippen LogP) is 1.76. The molecule has 1 fully saturated rings. The molecule has 0 spiro atoms. The van der Waals surface area contributed by atoms with Crippen LogP contribution in [0.3, 0.4) is 0 Å². The van der Waals surface area contributed by atoms with Crippen LogP contribution in [0.25, 0.3) is 0 Å². The van der Waals surface area contributed by atoms with Gasteiger partial charge in [0.15, 0.2) is 0 Å². The monoisotopic (exact) mass is 253 g/mol. The number of hydrogen-bond donors (Lipinski definition) is 1. The fourth-order valence-electron chi connectivity index (χ4n) is 2.15. The molecule has 1 aliphatic rings. The van der Waals surface area contributed by atoms with Crippen molar-refractivity contribution in [2.24, 2.45) is 5.92 Å². The summed E-state index contributed by atoms with van der Waals surface area (Å²) in [7, 11) is 1.76. The van der Waals surface area contributed by atoms with Gasteiger partial charge in [-0.15, -0.1) is 0 Å². The van der Waals surface area contributed by atoms with Gasteiger partial charge in [-0.25, -0.2) is 4.98 Å². The zero-order valence-corrected chi connectivity index (χ0v) is 11.5. The highest BCUT2D eigenvalue weighted by molar-refractivity contribution is 5.26. The van der Waals surface area contributed by atoms with E-state index in [4.69, 9.17) is 9.47 Å². The van der Waals surface area contributed by atoms with Crippen molar-refractivity contribution >= 4 is 5.95 Å². The number of rotatable bonds is 6. The van der Waals surface area contributed by atoms with E-state index in [1.54, 1.807) is 7.11 Å². The van der Waals surface area contributed by atoms with Crippen molar-refractivity contribution in [3.8, 4) is 0 Å². The molecule has 0 aromatic carbocycles. The molecule has 18 heavy (non-hydrogen) atoms. The number of methoxy groups -OCH3 is 1. The maximum atomic E-state index is 5.65. The zero-order chi connectivity index (χ0) is 13.0. The Morgan fingerprint density at radius 1 is 1.61 bits per heavy atom.